The van der Waals surface area contributed by atoms with Gasteiger partial charge in [0.2, 0.25) is 0 Å². The number of hydrogen-bond donors (Lipinski definition) is 1. The Morgan fingerprint density at radius 2 is 1.65 bits per heavy atom. The van der Waals surface area contributed by atoms with Gasteiger partial charge in [-0.3, -0.25) is 10.1 Å². The van der Waals surface area contributed by atoms with Crippen molar-refractivity contribution in [3.05, 3.63) is 112 Å². The maximum atomic E-state index is 11.6. The molecule has 6 heteroatoms. The molecule has 4 nitrogen and oxygen atoms in total. The number of halogens is 1. The van der Waals surface area contributed by atoms with Gasteiger partial charge in [-0.05, 0) is 46.4 Å². The van der Waals surface area contributed by atoms with Gasteiger partial charge in [-0.25, -0.2) is 0 Å². The van der Waals surface area contributed by atoms with Crippen LogP contribution in [0.15, 0.2) is 95.9 Å². The van der Waals surface area contributed by atoms with Gasteiger partial charge in [-0.2, -0.15) is 0 Å². The number of fused-ring (bicyclic) bond motifs is 5. The molecule has 2 aliphatic rings. The molecule has 34 heavy (non-hydrogen) atoms. The highest BCUT2D eigenvalue weighted by Crippen LogP contribution is 2.59. The lowest BCUT2D eigenvalue weighted by Gasteiger charge is -2.39. The minimum absolute atomic E-state index is 0.0655. The predicted octanol–water partition coefficient (Wildman–Crippen LogP) is 7.79. The summed E-state index contributed by atoms with van der Waals surface area (Å²) in [7, 11) is 0. The zero-order chi connectivity index (χ0) is 23.2. The molecular formula is C28H23ClN2O2S. The first kappa shape index (κ1) is 21.5. The number of nitrogens with zero attached hydrogens (tertiary/aromatic N) is 1. The molecular weight excluding hydrogens is 464 g/mol. The first-order valence-corrected chi connectivity index (χ1v) is 12.8. The molecule has 1 heterocycles. The minimum Gasteiger partial charge on any atom is -0.378 e. The summed E-state index contributed by atoms with van der Waals surface area (Å²) < 4.78 is 0. The first-order valence-electron chi connectivity index (χ1n) is 11.5. The summed E-state index contributed by atoms with van der Waals surface area (Å²) >= 11 is 8.85. The summed E-state index contributed by atoms with van der Waals surface area (Å²) in [5, 5.41) is 17.8. The molecule has 0 radical (unpaired) electrons. The average Bonchev–Trinajstić information content (AvgIpc) is 3.19. The summed E-state index contributed by atoms with van der Waals surface area (Å²) in [6.45, 7) is 0. The summed E-state index contributed by atoms with van der Waals surface area (Å²) in [5.74, 6) is 0.429. The van der Waals surface area contributed by atoms with Crippen molar-refractivity contribution in [3.8, 4) is 0 Å². The fourth-order valence-corrected chi connectivity index (χ4v) is 7.69. The zero-order valence-electron chi connectivity index (χ0n) is 18.3. The zero-order valence-corrected chi connectivity index (χ0v) is 19.9. The van der Waals surface area contributed by atoms with Crippen LogP contribution >= 0.6 is 23.4 Å². The van der Waals surface area contributed by atoms with Crippen molar-refractivity contribution >= 4 is 45.5 Å². The van der Waals surface area contributed by atoms with Crippen LogP contribution in [-0.2, 0) is 0 Å². The van der Waals surface area contributed by atoms with Crippen LogP contribution in [0.5, 0.6) is 0 Å². The number of rotatable bonds is 4. The predicted molar refractivity (Wildman–Crippen MR) is 140 cm³/mol. The van der Waals surface area contributed by atoms with Gasteiger partial charge in [0.25, 0.3) is 5.69 Å². The van der Waals surface area contributed by atoms with E-state index in [1.807, 2.05) is 18.2 Å². The number of hydrogen-bond acceptors (Lipinski definition) is 4. The van der Waals surface area contributed by atoms with Gasteiger partial charge in [-0.15, -0.1) is 23.4 Å². The van der Waals surface area contributed by atoms with Crippen molar-refractivity contribution in [1.29, 1.82) is 0 Å². The van der Waals surface area contributed by atoms with Crippen LogP contribution in [0, 0.1) is 16.0 Å². The number of benzene rings is 4. The Morgan fingerprint density at radius 3 is 2.47 bits per heavy atom. The third kappa shape index (κ3) is 3.55. The van der Waals surface area contributed by atoms with E-state index in [0.29, 0.717) is 4.90 Å². The third-order valence-electron chi connectivity index (χ3n) is 7.21. The molecule has 5 atom stereocenters. The first-order chi connectivity index (χ1) is 16.6. The van der Waals surface area contributed by atoms with E-state index in [-0.39, 0.29) is 39.1 Å². The van der Waals surface area contributed by atoms with Gasteiger partial charge >= 0.3 is 0 Å². The molecule has 0 bridgehead atoms. The number of nitro benzene ring substituents is 1. The van der Waals surface area contributed by atoms with Crippen LogP contribution in [0.3, 0.4) is 0 Å². The maximum absolute atomic E-state index is 11.6. The molecule has 4 aromatic carbocycles. The highest BCUT2D eigenvalue weighted by atomic mass is 35.5. The average molecular weight is 487 g/mol. The second kappa shape index (κ2) is 8.64. The largest absolute Gasteiger partial charge is 0.378 e. The van der Waals surface area contributed by atoms with Crippen LogP contribution in [0.25, 0.3) is 10.8 Å². The van der Waals surface area contributed by atoms with Crippen molar-refractivity contribution < 1.29 is 4.92 Å². The van der Waals surface area contributed by atoms with Crippen LogP contribution in [-0.4, -0.2) is 15.6 Å². The molecule has 0 aromatic heterocycles. The molecule has 0 spiro atoms. The van der Waals surface area contributed by atoms with Crippen molar-refractivity contribution in [2.24, 2.45) is 5.92 Å². The summed E-state index contributed by atoms with van der Waals surface area (Å²) in [4.78, 5) is 12.0. The molecule has 1 fully saturated rings. The molecule has 1 aliphatic heterocycles. The number of nitro groups is 1. The molecule has 1 aliphatic carbocycles. The van der Waals surface area contributed by atoms with E-state index in [0.717, 1.165) is 12.1 Å². The van der Waals surface area contributed by atoms with Crippen molar-refractivity contribution in [3.63, 3.8) is 0 Å². The topological polar surface area (TPSA) is 55.2 Å². The van der Waals surface area contributed by atoms with Crippen molar-refractivity contribution in [1.82, 2.24) is 0 Å². The molecule has 6 rings (SSSR count). The lowest BCUT2D eigenvalue weighted by atomic mass is 9.75. The molecule has 0 amide bonds. The Labute approximate surface area is 207 Å². The van der Waals surface area contributed by atoms with E-state index >= 15 is 0 Å². The molecule has 4 aromatic rings. The summed E-state index contributed by atoms with van der Waals surface area (Å²) in [6.07, 6.45) is 0.880. The second-order valence-corrected chi connectivity index (χ2v) is 10.8. The Balaban J connectivity index is 1.46. The van der Waals surface area contributed by atoms with Crippen LogP contribution in [0.1, 0.15) is 29.5 Å². The lowest BCUT2D eigenvalue weighted by Crippen LogP contribution is -2.31. The van der Waals surface area contributed by atoms with Crippen LogP contribution in [0.2, 0.25) is 0 Å². The van der Waals surface area contributed by atoms with Gasteiger partial charge < -0.3 is 5.32 Å². The van der Waals surface area contributed by atoms with Crippen molar-refractivity contribution in [2.45, 2.75) is 33.9 Å². The monoisotopic (exact) mass is 486 g/mol. The lowest BCUT2D eigenvalue weighted by molar-refractivity contribution is -0.387. The summed E-state index contributed by atoms with van der Waals surface area (Å²) in [5.41, 5.74) is 3.81. The van der Waals surface area contributed by atoms with Crippen LogP contribution in [0.4, 0.5) is 11.4 Å². The Bertz CT molecular complexity index is 1380. The van der Waals surface area contributed by atoms with Crippen LogP contribution < -0.4 is 5.32 Å². The molecule has 1 N–H and O–H groups in total. The quantitative estimate of drug-likeness (QED) is 0.182. The van der Waals surface area contributed by atoms with E-state index in [9.17, 15) is 10.1 Å². The van der Waals surface area contributed by atoms with E-state index in [1.165, 1.54) is 21.9 Å². The third-order valence-corrected chi connectivity index (χ3v) is 9.32. The van der Waals surface area contributed by atoms with E-state index in [2.05, 4.69) is 66.0 Å². The smallest absolute Gasteiger partial charge is 0.282 e. The van der Waals surface area contributed by atoms with E-state index in [1.54, 1.807) is 23.9 Å². The minimum atomic E-state index is -0.301. The van der Waals surface area contributed by atoms with E-state index in [4.69, 9.17) is 11.6 Å². The van der Waals surface area contributed by atoms with Gasteiger partial charge in [0.05, 0.1) is 21.2 Å². The molecule has 0 saturated heterocycles. The van der Waals surface area contributed by atoms with Gasteiger partial charge in [0, 0.05) is 22.9 Å². The molecule has 0 unspecified atom stereocenters. The number of thioether (sulfide) groups is 1. The number of anilines is 1. The van der Waals surface area contributed by atoms with Crippen molar-refractivity contribution in [2.75, 3.05) is 5.32 Å². The Morgan fingerprint density at radius 1 is 0.912 bits per heavy atom. The van der Waals surface area contributed by atoms with Gasteiger partial charge in [0.1, 0.15) is 0 Å². The number of alkyl halides is 1. The fourth-order valence-electron chi connectivity index (χ4n) is 5.76. The highest BCUT2D eigenvalue weighted by Gasteiger charge is 2.50. The highest BCUT2D eigenvalue weighted by molar-refractivity contribution is 8.00. The number of para-hydroxylation sites is 1. The Kier molecular flexibility index (Phi) is 5.47. The normalized spacial score (nSPS) is 25.4. The van der Waals surface area contributed by atoms with E-state index < -0.39 is 0 Å². The summed E-state index contributed by atoms with van der Waals surface area (Å²) in [6, 6.07) is 30.5. The number of nitrogens with one attached hydrogen (secondary N) is 1. The second-order valence-electron chi connectivity index (χ2n) is 9.03. The van der Waals surface area contributed by atoms with Gasteiger partial charge in [0.15, 0.2) is 0 Å². The van der Waals surface area contributed by atoms with Gasteiger partial charge in [-0.1, -0.05) is 72.8 Å². The molecule has 170 valence electrons. The standard InChI is InChI=1S/C28H23ClN2O2S/c29-27-24(34-23-13-7-6-12-22(23)31(32)33)16-20-26(27)25-19-11-5-4-8-17(19)14-15-21(25)30-28(20)18-9-2-1-3-10-18/h1-15,20,24,26-28,30H,16H2/t20-,24+,26-,27-,28-/m0/s1. The SMILES string of the molecule is O=[N+]([O-])c1ccccc1S[C@@H]1C[C@H]2[C@@H](c3c(ccc4ccccc34)N[C@H]2c2ccccc2)[C@H]1Cl. The fraction of sp³-hybridized carbons (Fsp3) is 0.214. The maximum Gasteiger partial charge on any atom is 0.282 e. The molecule has 1 saturated carbocycles. The Hall–Kier alpha value is -3.02.